The van der Waals surface area contributed by atoms with Crippen molar-refractivity contribution < 1.29 is 23.9 Å². The summed E-state index contributed by atoms with van der Waals surface area (Å²) in [7, 11) is 5.58. The van der Waals surface area contributed by atoms with E-state index in [0.717, 1.165) is 22.7 Å². The molecule has 0 radical (unpaired) electrons. The Kier molecular flexibility index (Phi) is 11.1. The van der Waals surface area contributed by atoms with E-state index >= 15 is 0 Å². The summed E-state index contributed by atoms with van der Waals surface area (Å²) >= 11 is 0. The molecule has 0 saturated carbocycles. The van der Waals surface area contributed by atoms with Crippen molar-refractivity contribution in [2.45, 2.75) is 53.0 Å². The maximum atomic E-state index is 13.5. The molecule has 1 N–H and O–H groups in total. The molecule has 3 rings (SSSR count). The molecule has 1 atom stereocenters. The predicted octanol–water partition coefficient (Wildman–Crippen LogP) is 3.23. The second-order valence-corrected chi connectivity index (χ2v) is 8.56. The second kappa shape index (κ2) is 13.8. The topological polar surface area (TPSA) is 97.8 Å². The molecule has 35 heavy (non-hydrogen) atoms. The van der Waals surface area contributed by atoms with Gasteiger partial charge in [0.15, 0.2) is 5.75 Å². The van der Waals surface area contributed by atoms with Gasteiger partial charge in [0, 0.05) is 31.6 Å². The Morgan fingerprint density at radius 3 is 2.60 bits per heavy atom. The van der Waals surface area contributed by atoms with Crippen LogP contribution in [-0.2, 0) is 17.8 Å². The van der Waals surface area contributed by atoms with E-state index in [-0.39, 0.29) is 29.1 Å². The Morgan fingerprint density at radius 2 is 1.97 bits per heavy atom. The SMILES string of the molecule is CC.COc1nc(C(=O)NCCCCC=O)c2c(c1OC)C(=O)N(Cc1ccc(P)c(C)c1)CC2. The maximum Gasteiger partial charge on any atom is 0.270 e. The summed E-state index contributed by atoms with van der Waals surface area (Å²) in [6, 6.07) is 6.09. The number of fused-ring (bicyclic) bond motifs is 1. The highest BCUT2D eigenvalue weighted by molar-refractivity contribution is 7.27. The first-order valence-corrected chi connectivity index (χ1v) is 12.5. The van der Waals surface area contributed by atoms with E-state index in [9.17, 15) is 14.4 Å². The second-order valence-electron chi connectivity index (χ2n) is 7.94. The predicted molar refractivity (Wildman–Crippen MR) is 140 cm³/mol. The first kappa shape index (κ1) is 28.2. The van der Waals surface area contributed by atoms with Gasteiger partial charge >= 0.3 is 0 Å². The first-order chi connectivity index (χ1) is 16.9. The zero-order chi connectivity index (χ0) is 26.0. The highest BCUT2D eigenvalue weighted by atomic mass is 31.0. The number of nitrogens with zero attached hydrogens (tertiary/aromatic N) is 2. The highest BCUT2D eigenvalue weighted by Gasteiger charge is 2.34. The molecular formula is C26H36N3O5P. The molecule has 190 valence electrons. The molecule has 0 bridgehead atoms. The van der Waals surface area contributed by atoms with Crippen molar-refractivity contribution in [3.05, 3.63) is 46.1 Å². The minimum atomic E-state index is -0.369. The fourth-order valence-electron chi connectivity index (χ4n) is 3.92. The van der Waals surface area contributed by atoms with Crippen LogP contribution in [0.2, 0.25) is 0 Å². The summed E-state index contributed by atoms with van der Waals surface area (Å²) in [6.07, 6.45) is 3.18. The Balaban J connectivity index is 0.00000210. The van der Waals surface area contributed by atoms with E-state index in [2.05, 4.69) is 25.6 Å². The van der Waals surface area contributed by atoms with Gasteiger partial charge in [0.25, 0.3) is 17.7 Å². The molecule has 1 aliphatic heterocycles. The molecule has 0 aliphatic carbocycles. The third-order valence-electron chi connectivity index (χ3n) is 5.71. The smallest absolute Gasteiger partial charge is 0.270 e. The molecule has 1 aromatic carbocycles. The summed E-state index contributed by atoms with van der Waals surface area (Å²) in [5, 5.41) is 3.95. The van der Waals surface area contributed by atoms with Crippen LogP contribution in [0.3, 0.4) is 0 Å². The average molecular weight is 502 g/mol. The van der Waals surface area contributed by atoms with Crippen LogP contribution in [0.4, 0.5) is 0 Å². The van der Waals surface area contributed by atoms with Crippen molar-refractivity contribution in [1.29, 1.82) is 0 Å². The Morgan fingerprint density at radius 1 is 1.23 bits per heavy atom. The van der Waals surface area contributed by atoms with Gasteiger partial charge in [-0.15, -0.1) is 9.24 Å². The van der Waals surface area contributed by atoms with E-state index in [4.69, 9.17) is 9.47 Å². The third-order valence-corrected chi connectivity index (χ3v) is 6.36. The monoisotopic (exact) mass is 501 g/mol. The molecule has 0 fully saturated rings. The summed E-state index contributed by atoms with van der Waals surface area (Å²) < 4.78 is 10.8. The van der Waals surface area contributed by atoms with Crippen LogP contribution in [0.5, 0.6) is 11.6 Å². The van der Waals surface area contributed by atoms with Gasteiger partial charge in [0.05, 0.1) is 19.8 Å². The highest BCUT2D eigenvalue weighted by Crippen LogP contribution is 2.37. The van der Waals surface area contributed by atoms with Crippen LogP contribution >= 0.6 is 9.24 Å². The number of hydrogen-bond donors (Lipinski definition) is 1. The lowest BCUT2D eigenvalue weighted by molar-refractivity contribution is -0.107. The molecule has 0 saturated heterocycles. The molecule has 0 spiro atoms. The minimum absolute atomic E-state index is 0.0979. The first-order valence-electron chi connectivity index (χ1n) is 11.9. The Hall–Kier alpha value is -2.99. The van der Waals surface area contributed by atoms with Gasteiger partial charge in [-0.05, 0) is 42.6 Å². The van der Waals surface area contributed by atoms with E-state index in [0.29, 0.717) is 56.4 Å². The summed E-state index contributed by atoms with van der Waals surface area (Å²) in [5.41, 5.74) is 3.23. The van der Waals surface area contributed by atoms with Gasteiger partial charge in [0.1, 0.15) is 12.0 Å². The quantitative estimate of drug-likeness (QED) is 0.305. The van der Waals surface area contributed by atoms with Crippen molar-refractivity contribution in [3.8, 4) is 11.6 Å². The van der Waals surface area contributed by atoms with E-state index < -0.39 is 0 Å². The zero-order valence-corrected chi connectivity index (χ0v) is 22.4. The molecule has 1 aromatic heterocycles. The average Bonchev–Trinajstić information content (AvgIpc) is 2.87. The molecule has 8 nitrogen and oxygen atoms in total. The zero-order valence-electron chi connectivity index (χ0n) is 21.3. The number of aryl methyl sites for hydroxylation is 1. The van der Waals surface area contributed by atoms with Gasteiger partial charge in [-0.3, -0.25) is 9.59 Å². The summed E-state index contributed by atoms with van der Waals surface area (Å²) in [4.78, 5) is 43.0. The van der Waals surface area contributed by atoms with Gasteiger partial charge in [-0.2, -0.15) is 0 Å². The molecule has 2 aromatic rings. The van der Waals surface area contributed by atoms with Crippen molar-refractivity contribution in [3.63, 3.8) is 0 Å². The van der Waals surface area contributed by atoms with Crippen LogP contribution in [0, 0.1) is 6.92 Å². The van der Waals surface area contributed by atoms with Crippen molar-refractivity contribution >= 4 is 32.6 Å². The van der Waals surface area contributed by atoms with E-state index in [1.165, 1.54) is 14.2 Å². The number of benzene rings is 1. The molecular weight excluding hydrogens is 465 g/mol. The number of amides is 2. The summed E-state index contributed by atoms with van der Waals surface area (Å²) in [6.45, 7) is 7.37. The number of ether oxygens (including phenoxy) is 2. The standard InChI is InChI=1S/C24H30N3O5P.C2H6/c1-15-13-16(7-8-18(15)33)14-27-11-9-17-19(24(27)30)21(31-2)23(32-3)26-20(17)22(29)25-10-5-4-6-12-28;1-2/h7-8,12-13H,4-6,9-11,14,33H2,1-3H3,(H,25,29);1-2H3. The number of nitrogens with one attached hydrogen (secondary N) is 1. The largest absolute Gasteiger partial charge is 0.491 e. The molecule has 9 heteroatoms. The van der Waals surface area contributed by atoms with Crippen molar-refractivity contribution in [1.82, 2.24) is 15.2 Å². The van der Waals surface area contributed by atoms with Crippen LogP contribution in [0.1, 0.15) is 70.6 Å². The number of rotatable bonds is 10. The van der Waals surface area contributed by atoms with Gasteiger partial charge in [-0.25, -0.2) is 4.98 Å². The summed E-state index contributed by atoms with van der Waals surface area (Å²) in [5.74, 6) is -0.255. The Labute approximate surface area is 210 Å². The van der Waals surface area contributed by atoms with Crippen molar-refractivity contribution in [2.24, 2.45) is 0 Å². The van der Waals surface area contributed by atoms with Crippen LogP contribution in [-0.4, -0.2) is 55.3 Å². The number of unbranched alkanes of at least 4 members (excludes halogenated alkanes) is 2. The minimum Gasteiger partial charge on any atom is -0.491 e. The van der Waals surface area contributed by atoms with E-state index in [1.807, 2.05) is 32.9 Å². The number of pyridine rings is 1. The van der Waals surface area contributed by atoms with Crippen LogP contribution in [0.25, 0.3) is 0 Å². The number of carbonyl (C=O) groups excluding carboxylic acids is 3. The van der Waals surface area contributed by atoms with Crippen molar-refractivity contribution in [2.75, 3.05) is 27.3 Å². The molecule has 1 aliphatic rings. The van der Waals surface area contributed by atoms with Gasteiger partial charge in [0.2, 0.25) is 0 Å². The number of carbonyl (C=O) groups is 3. The van der Waals surface area contributed by atoms with Gasteiger partial charge < -0.3 is 24.5 Å². The lowest BCUT2D eigenvalue weighted by Crippen LogP contribution is -2.39. The molecule has 2 amide bonds. The van der Waals surface area contributed by atoms with Crippen LogP contribution < -0.4 is 20.1 Å². The normalized spacial score (nSPS) is 12.3. The van der Waals surface area contributed by atoms with E-state index in [1.54, 1.807) is 4.90 Å². The fraction of sp³-hybridized carbons (Fsp3) is 0.462. The number of aldehydes is 1. The third kappa shape index (κ3) is 6.79. The Bertz CT molecular complexity index is 1060. The number of aromatic nitrogens is 1. The number of hydrogen-bond acceptors (Lipinski definition) is 6. The fourth-order valence-corrected chi connectivity index (χ4v) is 4.10. The lowest BCUT2D eigenvalue weighted by atomic mass is 9.95. The lowest BCUT2D eigenvalue weighted by Gasteiger charge is -2.31. The van der Waals surface area contributed by atoms with Gasteiger partial charge in [-0.1, -0.05) is 32.0 Å². The van der Waals surface area contributed by atoms with Crippen LogP contribution in [0.15, 0.2) is 18.2 Å². The molecule has 2 heterocycles. The number of methoxy groups -OCH3 is 2. The maximum absolute atomic E-state index is 13.5. The molecule has 1 unspecified atom stereocenters.